The van der Waals surface area contributed by atoms with E-state index in [4.69, 9.17) is 0 Å². The van der Waals surface area contributed by atoms with E-state index in [2.05, 4.69) is 29.0 Å². The van der Waals surface area contributed by atoms with Gasteiger partial charge in [0.05, 0.1) is 6.04 Å². The lowest BCUT2D eigenvalue weighted by molar-refractivity contribution is 0.434. The first-order chi connectivity index (χ1) is 5.88. The maximum Gasteiger partial charge on any atom is 0.0544 e. The van der Waals surface area contributed by atoms with Gasteiger partial charge in [-0.05, 0) is 23.9 Å². The van der Waals surface area contributed by atoms with Crippen molar-refractivity contribution < 1.29 is 0 Å². The van der Waals surface area contributed by atoms with Crippen molar-refractivity contribution in [1.29, 1.82) is 0 Å². The van der Waals surface area contributed by atoms with Crippen LogP contribution in [0.25, 0.3) is 0 Å². The Morgan fingerprint density at radius 3 is 3.00 bits per heavy atom. The number of rotatable bonds is 1. The van der Waals surface area contributed by atoms with Gasteiger partial charge >= 0.3 is 0 Å². The number of hydrogen-bond acceptors (Lipinski definition) is 3. The quantitative estimate of drug-likeness (QED) is 0.684. The van der Waals surface area contributed by atoms with Crippen molar-refractivity contribution in [3.63, 3.8) is 0 Å². The van der Waals surface area contributed by atoms with Crippen molar-refractivity contribution in [2.24, 2.45) is 0 Å². The topological polar surface area (TPSA) is 24.1 Å². The first kappa shape index (κ1) is 8.23. The normalized spacial score (nSPS) is 24.2. The van der Waals surface area contributed by atoms with E-state index in [0.717, 1.165) is 19.6 Å². The van der Waals surface area contributed by atoms with Gasteiger partial charge in [0.1, 0.15) is 0 Å². The van der Waals surface area contributed by atoms with Gasteiger partial charge in [0, 0.05) is 24.5 Å². The SMILES string of the molecule is Cc1ccsc1[C@@H]1CNCCN1. The molecule has 2 heterocycles. The van der Waals surface area contributed by atoms with Crippen molar-refractivity contribution in [2.45, 2.75) is 13.0 Å². The average Bonchev–Trinajstić information content (AvgIpc) is 2.53. The van der Waals surface area contributed by atoms with E-state index < -0.39 is 0 Å². The van der Waals surface area contributed by atoms with Gasteiger partial charge in [0.2, 0.25) is 0 Å². The van der Waals surface area contributed by atoms with Gasteiger partial charge < -0.3 is 10.6 Å². The van der Waals surface area contributed by atoms with E-state index in [-0.39, 0.29) is 0 Å². The third kappa shape index (κ3) is 1.53. The van der Waals surface area contributed by atoms with Crippen LogP contribution < -0.4 is 10.6 Å². The minimum Gasteiger partial charge on any atom is -0.314 e. The molecule has 3 heteroatoms. The van der Waals surface area contributed by atoms with E-state index in [0.29, 0.717) is 6.04 Å². The fourth-order valence-electron chi connectivity index (χ4n) is 1.58. The second-order valence-corrected chi connectivity index (χ2v) is 4.13. The molecule has 0 saturated carbocycles. The summed E-state index contributed by atoms with van der Waals surface area (Å²) in [6, 6.07) is 2.73. The second-order valence-electron chi connectivity index (χ2n) is 3.18. The van der Waals surface area contributed by atoms with E-state index >= 15 is 0 Å². The van der Waals surface area contributed by atoms with Crippen molar-refractivity contribution in [3.8, 4) is 0 Å². The molecule has 0 unspecified atom stereocenters. The number of nitrogens with one attached hydrogen (secondary N) is 2. The molecule has 1 atom stereocenters. The molecule has 2 nitrogen and oxygen atoms in total. The third-order valence-corrected chi connectivity index (χ3v) is 3.39. The van der Waals surface area contributed by atoms with Gasteiger partial charge in [0.15, 0.2) is 0 Å². The zero-order valence-electron chi connectivity index (χ0n) is 7.26. The fourth-order valence-corrected chi connectivity index (χ4v) is 2.58. The van der Waals surface area contributed by atoms with Crippen LogP contribution in [0.2, 0.25) is 0 Å². The largest absolute Gasteiger partial charge is 0.314 e. The molecular weight excluding hydrogens is 168 g/mol. The Balaban J connectivity index is 2.13. The highest BCUT2D eigenvalue weighted by molar-refractivity contribution is 7.10. The summed E-state index contributed by atoms with van der Waals surface area (Å²) < 4.78 is 0. The van der Waals surface area contributed by atoms with Gasteiger partial charge in [-0.25, -0.2) is 0 Å². The zero-order valence-corrected chi connectivity index (χ0v) is 8.08. The van der Waals surface area contributed by atoms with Gasteiger partial charge in [0.25, 0.3) is 0 Å². The summed E-state index contributed by atoms with van der Waals surface area (Å²) >= 11 is 1.85. The highest BCUT2D eigenvalue weighted by atomic mass is 32.1. The number of aryl methyl sites for hydroxylation is 1. The molecule has 0 spiro atoms. The second kappa shape index (κ2) is 3.56. The Kier molecular flexibility index (Phi) is 2.44. The number of piperazine rings is 1. The Labute approximate surface area is 77.0 Å². The summed E-state index contributed by atoms with van der Waals surface area (Å²) in [6.45, 7) is 5.44. The maximum atomic E-state index is 3.51. The summed E-state index contributed by atoms with van der Waals surface area (Å²) in [6.07, 6.45) is 0. The van der Waals surface area contributed by atoms with E-state index in [1.807, 2.05) is 11.3 Å². The lowest BCUT2D eigenvalue weighted by Crippen LogP contribution is -2.42. The smallest absolute Gasteiger partial charge is 0.0544 e. The lowest BCUT2D eigenvalue weighted by Gasteiger charge is -2.24. The molecular formula is C9H14N2S. The minimum absolute atomic E-state index is 0.541. The Bertz CT molecular complexity index is 251. The first-order valence-electron chi connectivity index (χ1n) is 4.36. The van der Waals surface area contributed by atoms with Gasteiger partial charge in [-0.2, -0.15) is 0 Å². The predicted molar refractivity (Wildman–Crippen MR) is 52.7 cm³/mol. The lowest BCUT2D eigenvalue weighted by atomic mass is 10.1. The molecule has 0 bridgehead atoms. The highest BCUT2D eigenvalue weighted by Gasteiger charge is 2.16. The van der Waals surface area contributed by atoms with Crippen LogP contribution in [0.3, 0.4) is 0 Å². The predicted octanol–water partition coefficient (Wildman–Crippen LogP) is 1.29. The molecule has 12 heavy (non-hydrogen) atoms. The van der Waals surface area contributed by atoms with Crippen molar-refractivity contribution in [2.75, 3.05) is 19.6 Å². The van der Waals surface area contributed by atoms with Crippen LogP contribution in [-0.4, -0.2) is 19.6 Å². The standard InChI is InChI=1S/C9H14N2S/c1-7-2-5-12-9(7)8-6-10-3-4-11-8/h2,5,8,10-11H,3-4,6H2,1H3/t8-/m0/s1. The van der Waals surface area contributed by atoms with Gasteiger partial charge in [-0.15, -0.1) is 11.3 Å². The Morgan fingerprint density at radius 1 is 1.50 bits per heavy atom. The molecule has 0 aromatic carbocycles. The fraction of sp³-hybridized carbons (Fsp3) is 0.556. The van der Waals surface area contributed by atoms with Crippen molar-refractivity contribution in [3.05, 3.63) is 21.9 Å². The van der Waals surface area contributed by atoms with Crippen LogP contribution in [-0.2, 0) is 0 Å². The van der Waals surface area contributed by atoms with E-state index in [1.54, 1.807) is 0 Å². The van der Waals surface area contributed by atoms with E-state index in [1.165, 1.54) is 10.4 Å². The van der Waals surface area contributed by atoms with Crippen LogP contribution in [0, 0.1) is 6.92 Å². The summed E-state index contributed by atoms with van der Waals surface area (Å²) in [5.74, 6) is 0. The molecule has 0 amide bonds. The molecule has 66 valence electrons. The molecule has 1 aliphatic heterocycles. The summed E-state index contributed by atoms with van der Waals surface area (Å²) in [5, 5.41) is 9.07. The monoisotopic (exact) mass is 182 g/mol. The molecule has 1 aromatic rings. The van der Waals surface area contributed by atoms with Crippen LogP contribution in [0.15, 0.2) is 11.4 Å². The Morgan fingerprint density at radius 2 is 2.42 bits per heavy atom. The maximum absolute atomic E-state index is 3.51. The molecule has 1 aromatic heterocycles. The summed E-state index contributed by atoms with van der Waals surface area (Å²) in [5.41, 5.74) is 1.42. The molecule has 2 N–H and O–H groups in total. The van der Waals surface area contributed by atoms with Crippen LogP contribution in [0.5, 0.6) is 0 Å². The molecule has 0 aliphatic carbocycles. The van der Waals surface area contributed by atoms with Crippen molar-refractivity contribution >= 4 is 11.3 Å². The zero-order chi connectivity index (χ0) is 8.39. The summed E-state index contributed by atoms with van der Waals surface area (Å²) in [7, 11) is 0. The van der Waals surface area contributed by atoms with Gasteiger partial charge in [-0.3, -0.25) is 0 Å². The molecule has 1 fully saturated rings. The van der Waals surface area contributed by atoms with Gasteiger partial charge in [-0.1, -0.05) is 0 Å². The Hall–Kier alpha value is -0.380. The van der Waals surface area contributed by atoms with E-state index in [9.17, 15) is 0 Å². The van der Waals surface area contributed by atoms with Crippen molar-refractivity contribution in [1.82, 2.24) is 10.6 Å². The molecule has 1 aliphatic rings. The first-order valence-corrected chi connectivity index (χ1v) is 5.24. The molecule has 2 rings (SSSR count). The molecule has 0 radical (unpaired) electrons. The minimum atomic E-state index is 0.541. The van der Waals surface area contributed by atoms with Crippen LogP contribution in [0.4, 0.5) is 0 Å². The van der Waals surface area contributed by atoms with Crippen LogP contribution in [0.1, 0.15) is 16.5 Å². The molecule has 1 saturated heterocycles. The third-order valence-electron chi connectivity index (χ3n) is 2.26. The number of thiophene rings is 1. The highest BCUT2D eigenvalue weighted by Crippen LogP contribution is 2.23. The average molecular weight is 182 g/mol. The number of hydrogen-bond donors (Lipinski definition) is 2. The van der Waals surface area contributed by atoms with Crippen LogP contribution >= 0.6 is 11.3 Å². The summed E-state index contributed by atoms with van der Waals surface area (Å²) in [4.78, 5) is 1.49.